The number of hydrogen-bond donors (Lipinski definition) is 2. The minimum Gasteiger partial charge on any atom is -0.480 e. The average molecular weight is 443 g/mol. The molecule has 3 aromatic carbocycles. The standard InChI is InChI=1S/C27H26N2O4/c1-29-13-12-18-14-17(10-11-25(18)29)15-24(26(30)31)28-27(32)33-16-23-21-8-4-2-6-19(21)20-7-3-5-9-22(20)23/h2-11,14,23-24H,12-13,15-16H2,1H3,(H,28,32)(H,30,31)/t24-/m0/s1. The van der Waals surface area contributed by atoms with Crippen LogP contribution in [0.5, 0.6) is 0 Å². The van der Waals surface area contributed by atoms with Gasteiger partial charge in [0.1, 0.15) is 12.6 Å². The van der Waals surface area contributed by atoms with E-state index >= 15 is 0 Å². The topological polar surface area (TPSA) is 78.9 Å². The number of nitrogens with zero attached hydrogens (tertiary/aromatic N) is 1. The molecule has 0 aromatic heterocycles. The second-order valence-corrected chi connectivity index (χ2v) is 8.70. The van der Waals surface area contributed by atoms with Gasteiger partial charge in [-0.2, -0.15) is 0 Å². The minimum atomic E-state index is -1.08. The van der Waals surface area contributed by atoms with Gasteiger partial charge in [0, 0.05) is 31.6 Å². The number of rotatable bonds is 6. The van der Waals surface area contributed by atoms with Gasteiger partial charge in [-0.15, -0.1) is 0 Å². The Hall–Kier alpha value is -3.80. The smallest absolute Gasteiger partial charge is 0.407 e. The fourth-order valence-corrected chi connectivity index (χ4v) is 4.97. The number of alkyl carbamates (subject to hydrolysis) is 1. The third kappa shape index (κ3) is 4.04. The van der Waals surface area contributed by atoms with Crippen molar-refractivity contribution in [2.75, 3.05) is 25.1 Å². The van der Waals surface area contributed by atoms with E-state index in [2.05, 4.69) is 22.3 Å². The predicted molar refractivity (Wildman–Crippen MR) is 127 cm³/mol. The quantitative estimate of drug-likeness (QED) is 0.598. The van der Waals surface area contributed by atoms with E-state index in [0.29, 0.717) is 0 Å². The molecule has 1 heterocycles. The lowest BCUT2D eigenvalue weighted by Gasteiger charge is -2.18. The first-order chi connectivity index (χ1) is 16.0. The summed E-state index contributed by atoms with van der Waals surface area (Å²) in [4.78, 5) is 26.6. The molecule has 6 heteroatoms. The molecule has 2 aliphatic rings. The molecule has 0 bridgehead atoms. The number of fused-ring (bicyclic) bond motifs is 4. The normalized spacial score (nSPS) is 14.9. The van der Waals surface area contributed by atoms with Crippen molar-refractivity contribution >= 4 is 17.7 Å². The Bertz CT molecular complexity index is 1180. The molecule has 6 nitrogen and oxygen atoms in total. The van der Waals surface area contributed by atoms with Gasteiger partial charge in [-0.3, -0.25) is 0 Å². The van der Waals surface area contributed by atoms with Crippen LogP contribution in [0.1, 0.15) is 28.2 Å². The number of ether oxygens (including phenoxy) is 1. The Kier molecular flexibility index (Phi) is 5.50. The number of nitrogens with one attached hydrogen (secondary N) is 1. The Labute approximate surface area is 192 Å². The van der Waals surface area contributed by atoms with Crippen LogP contribution in [0.3, 0.4) is 0 Å². The summed E-state index contributed by atoms with van der Waals surface area (Å²) in [7, 11) is 2.05. The van der Waals surface area contributed by atoms with Gasteiger partial charge >= 0.3 is 12.1 Å². The Morgan fingerprint density at radius 3 is 2.39 bits per heavy atom. The molecule has 0 saturated carbocycles. The van der Waals surface area contributed by atoms with Crippen LogP contribution in [0.25, 0.3) is 11.1 Å². The first kappa shape index (κ1) is 21.1. The van der Waals surface area contributed by atoms with Gasteiger partial charge in [0.2, 0.25) is 0 Å². The van der Waals surface area contributed by atoms with Crippen molar-refractivity contribution in [3.05, 3.63) is 89.0 Å². The van der Waals surface area contributed by atoms with Crippen LogP contribution in [0.15, 0.2) is 66.7 Å². The Balaban J connectivity index is 1.25. The van der Waals surface area contributed by atoms with E-state index in [9.17, 15) is 14.7 Å². The first-order valence-electron chi connectivity index (χ1n) is 11.2. The molecule has 1 aliphatic heterocycles. The Morgan fingerprint density at radius 1 is 1.06 bits per heavy atom. The van der Waals surface area contributed by atoms with Crippen molar-refractivity contribution in [3.8, 4) is 11.1 Å². The molecule has 3 aromatic rings. The van der Waals surface area contributed by atoms with Gasteiger partial charge in [-0.25, -0.2) is 9.59 Å². The molecular weight excluding hydrogens is 416 g/mol. The van der Waals surface area contributed by atoms with Gasteiger partial charge in [0.15, 0.2) is 0 Å². The second kappa shape index (κ2) is 8.62. The zero-order valence-corrected chi connectivity index (χ0v) is 18.5. The summed E-state index contributed by atoms with van der Waals surface area (Å²) in [5.74, 6) is -1.15. The maximum absolute atomic E-state index is 12.6. The highest BCUT2D eigenvalue weighted by Crippen LogP contribution is 2.44. The molecule has 2 N–H and O–H groups in total. The maximum Gasteiger partial charge on any atom is 0.407 e. The number of carboxylic acids is 1. The van der Waals surface area contributed by atoms with Crippen molar-refractivity contribution in [3.63, 3.8) is 0 Å². The molecule has 1 amide bonds. The van der Waals surface area contributed by atoms with Crippen LogP contribution in [-0.4, -0.2) is 43.4 Å². The van der Waals surface area contributed by atoms with Gasteiger partial charge in [0.25, 0.3) is 0 Å². The highest BCUT2D eigenvalue weighted by Gasteiger charge is 2.30. The summed E-state index contributed by atoms with van der Waals surface area (Å²) in [6.07, 6.45) is 0.429. The van der Waals surface area contributed by atoms with Gasteiger partial charge < -0.3 is 20.1 Å². The third-order valence-corrected chi connectivity index (χ3v) is 6.65. The van der Waals surface area contributed by atoms with Crippen LogP contribution in [0.4, 0.5) is 10.5 Å². The fourth-order valence-electron chi connectivity index (χ4n) is 4.97. The van der Waals surface area contributed by atoms with Crippen molar-refractivity contribution in [1.29, 1.82) is 0 Å². The average Bonchev–Trinajstić information content (AvgIpc) is 3.35. The van der Waals surface area contributed by atoms with Crippen molar-refractivity contribution < 1.29 is 19.4 Å². The highest BCUT2D eigenvalue weighted by atomic mass is 16.5. The summed E-state index contributed by atoms with van der Waals surface area (Å²) in [5, 5.41) is 12.2. The lowest BCUT2D eigenvalue weighted by molar-refractivity contribution is -0.139. The number of carboxylic acid groups (broad SMARTS) is 1. The molecule has 0 fully saturated rings. The summed E-state index contributed by atoms with van der Waals surface area (Å²) in [6, 6.07) is 21.1. The molecule has 0 saturated heterocycles. The number of anilines is 1. The van der Waals surface area contributed by atoms with Crippen LogP contribution in [-0.2, 0) is 22.4 Å². The van der Waals surface area contributed by atoms with E-state index in [1.165, 1.54) is 11.3 Å². The van der Waals surface area contributed by atoms with Crippen LogP contribution in [0, 0.1) is 0 Å². The number of carbonyl (C=O) groups is 2. The molecule has 0 spiro atoms. The fraction of sp³-hybridized carbons (Fsp3) is 0.259. The van der Waals surface area contributed by atoms with E-state index in [-0.39, 0.29) is 18.9 Å². The molecular formula is C27H26N2O4. The lowest BCUT2D eigenvalue weighted by Crippen LogP contribution is -2.42. The summed E-state index contributed by atoms with van der Waals surface area (Å²) in [5.41, 5.74) is 7.79. The third-order valence-electron chi connectivity index (χ3n) is 6.65. The molecule has 168 valence electrons. The monoisotopic (exact) mass is 442 g/mol. The van der Waals surface area contributed by atoms with Crippen molar-refractivity contribution in [1.82, 2.24) is 5.32 Å². The molecule has 33 heavy (non-hydrogen) atoms. The van der Waals surface area contributed by atoms with Crippen LogP contribution < -0.4 is 10.2 Å². The van der Waals surface area contributed by atoms with Crippen LogP contribution in [0.2, 0.25) is 0 Å². The second-order valence-electron chi connectivity index (χ2n) is 8.70. The largest absolute Gasteiger partial charge is 0.480 e. The van der Waals surface area contributed by atoms with Gasteiger partial charge in [-0.1, -0.05) is 60.7 Å². The van der Waals surface area contributed by atoms with Crippen molar-refractivity contribution in [2.45, 2.75) is 24.8 Å². The summed E-state index contributed by atoms with van der Waals surface area (Å²) < 4.78 is 5.53. The van der Waals surface area contributed by atoms with E-state index in [1.807, 2.05) is 61.6 Å². The SMILES string of the molecule is CN1CCc2cc(C[C@H](NC(=O)OCC3c4ccccc4-c4ccccc43)C(=O)O)ccc21. The summed E-state index contributed by atoms with van der Waals surface area (Å²) in [6.45, 7) is 1.11. The number of benzene rings is 3. The van der Waals surface area contributed by atoms with E-state index in [0.717, 1.165) is 40.8 Å². The number of amides is 1. The molecule has 0 radical (unpaired) electrons. The van der Waals surface area contributed by atoms with Crippen LogP contribution >= 0.6 is 0 Å². The zero-order chi connectivity index (χ0) is 22.9. The molecule has 1 aliphatic carbocycles. The number of likely N-dealkylation sites (N-methyl/N-ethyl adjacent to an activating group) is 1. The predicted octanol–water partition coefficient (Wildman–Crippen LogP) is 4.21. The highest BCUT2D eigenvalue weighted by molar-refractivity contribution is 5.81. The lowest BCUT2D eigenvalue weighted by atomic mass is 9.98. The zero-order valence-electron chi connectivity index (χ0n) is 18.5. The van der Waals surface area contributed by atoms with Gasteiger partial charge in [-0.05, 0) is 45.9 Å². The van der Waals surface area contributed by atoms with Gasteiger partial charge in [0.05, 0.1) is 0 Å². The maximum atomic E-state index is 12.6. The Morgan fingerprint density at radius 2 is 1.73 bits per heavy atom. The van der Waals surface area contributed by atoms with E-state index in [1.54, 1.807) is 0 Å². The summed E-state index contributed by atoms with van der Waals surface area (Å²) >= 11 is 0. The first-order valence-corrected chi connectivity index (χ1v) is 11.2. The van der Waals surface area contributed by atoms with E-state index in [4.69, 9.17) is 4.74 Å². The molecule has 0 unspecified atom stereocenters. The number of aliphatic carboxylic acids is 1. The minimum absolute atomic E-state index is 0.0693. The van der Waals surface area contributed by atoms with E-state index < -0.39 is 18.1 Å². The van der Waals surface area contributed by atoms with Crippen molar-refractivity contribution in [2.24, 2.45) is 0 Å². The molecule has 1 atom stereocenters. The number of carbonyl (C=O) groups excluding carboxylic acids is 1. The number of hydrogen-bond acceptors (Lipinski definition) is 4. The molecule has 5 rings (SSSR count).